The van der Waals surface area contributed by atoms with Gasteiger partial charge in [0.2, 0.25) is 0 Å². The molecule has 1 aliphatic rings. The maximum Gasteiger partial charge on any atom is 0.00106 e. The monoisotopic (exact) mass is 211 g/mol. The van der Waals surface area contributed by atoms with E-state index in [0.29, 0.717) is 11.5 Å². The summed E-state index contributed by atoms with van der Waals surface area (Å²) in [5, 5.41) is 3.64. The Morgan fingerprint density at radius 1 is 1.27 bits per heavy atom. The van der Waals surface area contributed by atoms with Gasteiger partial charge < -0.3 is 5.32 Å². The molecule has 2 unspecified atom stereocenters. The average molecular weight is 211 g/mol. The molecule has 0 spiro atoms. The van der Waals surface area contributed by atoms with Crippen LogP contribution in [0, 0.1) is 17.3 Å². The van der Waals surface area contributed by atoms with Gasteiger partial charge in [0, 0.05) is 12.6 Å². The van der Waals surface area contributed by atoms with Crippen molar-refractivity contribution in [3.8, 4) is 0 Å². The van der Waals surface area contributed by atoms with Gasteiger partial charge in [0.25, 0.3) is 0 Å². The van der Waals surface area contributed by atoms with E-state index in [9.17, 15) is 0 Å². The van der Waals surface area contributed by atoms with Gasteiger partial charge in [0.1, 0.15) is 0 Å². The highest BCUT2D eigenvalue weighted by Crippen LogP contribution is 2.48. The van der Waals surface area contributed by atoms with Crippen LogP contribution in [0.2, 0.25) is 0 Å². The summed E-state index contributed by atoms with van der Waals surface area (Å²) in [6, 6.07) is 0.625. The Hall–Kier alpha value is -0.0400. The van der Waals surface area contributed by atoms with Crippen molar-refractivity contribution in [3.05, 3.63) is 0 Å². The molecule has 0 amide bonds. The highest BCUT2D eigenvalue weighted by atomic mass is 14.9. The van der Waals surface area contributed by atoms with Crippen LogP contribution in [0.3, 0.4) is 0 Å². The number of nitrogens with one attached hydrogen (secondary N) is 1. The van der Waals surface area contributed by atoms with Gasteiger partial charge in [-0.15, -0.1) is 0 Å². The SMILES string of the molecule is CCC(C)CC(C)(CNC(C)C)C1CC1. The summed E-state index contributed by atoms with van der Waals surface area (Å²) in [5.41, 5.74) is 0.555. The maximum absolute atomic E-state index is 3.64. The maximum atomic E-state index is 3.64. The molecule has 0 bridgehead atoms. The lowest BCUT2D eigenvalue weighted by atomic mass is 9.76. The third-order valence-electron chi connectivity index (χ3n) is 3.99. The van der Waals surface area contributed by atoms with Crippen LogP contribution in [0.25, 0.3) is 0 Å². The molecule has 0 aromatic rings. The minimum absolute atomic E-state index is 0.555. The van der Waals surface area contributed by atoms with Gasteiger partial charge in [-0.05, 0) is 36.5 Å². The molecule has 1 nitrogen and oxygen atoms in total. The van der Waals surface area contributed by atoms with Crippen LogP contribution in [0.1, 0.15) is 60.3 Å². The normalized spacial score (nSPS) is 22.8. The molecular weight excluding hydrogens is 182 g/mol. The highest BCUT2D eigenvalue weighted by molar-refractivity contribution is 4.93. The first-order chi connectivity index (χ1) is 6.98. The van der Waals surface area contributed by atoms with E-state index in [0.717, 1.165) is 11.8 Å². The summed E-state index contributed by atoms with van der Waals surface area (Å²) in [6.45, 7) is 12.9. The van der Waals surface area contributed by atoms with Gasteiger partial charge in [-0.2, -0.15) is 0 Å². The topological polar surface area (TPSA) is 12.0 Å². The molecule has 0 heterocycles. The number of hydrogen-bond donors (Lipinski definition) is 1. The molecule has 1 fully saturated rings. The Morgan fingerprint density at radius 3 is 2.27 bits per heavy atom. The summed E-state index contributed by atoms with van der Waals surface area (Å²) in [6.07, 6.45) is 5.65. The zero-order chi connectivity index (χ0) is 11.5. The molecular formula is C14H29N. The van der Waals surface area contributed by atoms with Crippen molar-refractivity contribution in [1.82, 2.24) is 5.32 Å². The number of hydrogen-bond acceptors (Lipinski definition) is 1. The first kappa shape index (κ1) is 13.0. The minimum Gasteiger partial charge on any atom is -0.314 e. The van der Waals surface area contributed by atoms with Crippen LogP contribution >= 0.6 is 0 Å². The summed E-state index contributed by atoms with van der Waals surface area (Å²) >= 11 is 0. The Kier molecular flexibility index (Phi) is 4.64. The Bertz CT molecular complexity index is 184. The van der Waals surface area contributed by atoms with Crippen LogP contribution in [-0.4, -0.2) is 12.6 Å². The molecule has 0 aromatic carbocycles. The van der Waals surface area contributed by atoms with Gasteiger partial charge in [-0.3, -0.25) is 0 Å². The van der Waals surface area contributed by atoms with Crippen molar-refractivity contribution in [1.29, 1.82) is 0 Å². The minimum atomic E-state index is 0.555. The number of rotatable bonds is 7. The van der Waals surface area contributed by atoms with E-state index in [2.05, 4.69) is 39.9 Å². The van der Waals surface area contributed by atoms with Gasteiger partial charge in [0.15, 0.2) is 0 Å². The van der Waals surface area contributed by atoms with Crippen molar-refractivity contribution in [3.63, 3.8) is 0 Å². The van der Waals surface area contributed by atoms with Crippen molar-refractivity contribution < 1.29 is 0 Å². The van der Waals surface area contributed by atoms with Crippen LogP contribution < -0.4 is 5.32 Å². The summed E-state index contributed by atoms with van der Waals surface area (Å²) < 4.78 is 0. The second-order valence-corrected chi connectivity index (χ2v) is 6.18. The summed E-state index contributed by atoms with van der Waals surface area (Å²) in [4.78, 5) is 0. The van der Waals surface area contributed by atoms with E-state index >= 15 is 0 Å². The molecule has 1 heteroatoms. The van der Waals surface area contributed by atoms with E-state index in [1.54, 1.807) is 0 Å². The quantitative estimate of drug-likeness (QED) is 0.674. The van der Waals surface area contributed by atoms with Crippen molar-refractivity contribution in [2.24, 2.45) is 17.3 Å². The fraction of sp³-hybridized carbons (Fsp3) is 1.00. The molecule has 0 aromatic heterocycles. The molecule has 2 atom stereocenters. The molecule has 1 aliphatic carbocycles. The van der Waals surface area contributed by atoms with Crippen molar-refractivity contribution >= 4 is 0 Å². The second kappa shape index (κ2) is 5.34. The Labute approximate surface area is 96.0 Å². The van der Waals surface area contributed by atoms with E-state index in [1.165, 1.54) is 32.2 Å². The fourth-order valence-electron chi connectivity index (χ4n) is 2.54. The molecule has 0 radical (unpaired) electrons. The van der Waals surface area contributed by atoms with Crippen LogP contribution in [0.15, 0.2) is 0 Å². The molecule has 1 rings (SSSR count). The molecule has 0 saturated heterocycles. The molecule has 1 saturated carbocycles. The largest absolute Gasteiger partial charge is 0.314 e. The third kappa shape index (κ3) is 4.14. The Morgan fingerprint density at radius 2 is 1.87 bits per heavy atom. The molecule has 0 aliphatic heterocycles. The lowest BCUT2D eigenvalue weighted by Crippen LogP contribution is -2.38. The van der Waals surface area contributed by atoms with Gasteiger partial charge >= 0.3 is 0 Å². The summed E-state index contributed by atoms with van der Waals surface area (Å²) in [7, 11) is 0. The van der Waals surface area contributed by atoms with E-state index in [4.69, 9.17) is 0 Å². The zero-order valence-electron chi connectivity index (χ0n) is 11.3. The van der Waals surface area contributed by atoms with Crippen LogP contribution in [0.5, 0.6) is 0 Å². The van der Waals surface area contributed by atoms with Crippen molar-refractivity contribution in [2.45, 2.75) is 66.3 Å². The average Bonchev–Trinajstić information content (AvgIpc) is 2.98. The Balaban J connectivity index is 2.45. The smallest absolute Gasteiger partial charge is 0.00106 e. The lowest BCUT2D eigenvalue weighted by molar-refractivity contribution is 0.193. The van der Waals surface area contributed by atoms with Crippen LogP contribution in [0.4, 0.5) is 0 Å². The van der Waals surface area contributed by atoms with E-state index in [-0.39, 0.29) is 0 Å². The van der Waals surface area contributed by atoms with Crippen molar-refractivity contribution in [2.75, 3.05) is 6.54 Å². The predicted molar refractivity (Wildman–Crippen MR) is 68.0 cm³/mol. The first-order valence-electron chi connectivity index (χ1n) is 6.71. The second-order valence-electron chi connectivity index (χ2n) is 6.18. The lowest BCUT2D eigenvalue weighted by Gasteiger charge is -2.33. The fourth-order valence-corrected chi connectivity index (χ4v) is 2.54. The van der Waals surface area contributed by atoms with Crippen LogP contribution in [-0.2, 0) is 0 Å². The third-order valence-corrected chi connectivity index (χ3v) is 3.99. The standard InChI is InChI=1S/C14H29N/c1-6-12(4)9-14(5,13-7-8-13)10-15-11(2)3/h11-13,15H,6-10H2,1-5H3. The first-order valence-corrected chi connectivity index (χ1v) is 6.71. The highest BCUT2D eigenvalue weighted by Gasteiger charge is 2.41. The predicted octanol–water partition coefficient (Wildman–Crippen LogP) is 3.84. The van der Waals surface area contributed by atoms with Gasteiger partial charge in [-0.1, -0.05) is 41.0 Å². The molecule has 90 valence electrons. The van der Waals surface area contributed by atoms with Gasteiger partial charge in [-0.25, -0.2) is 0 Å². The van der Waals surface area contributed by atoms with E-state index in [1.807, 2.05) is 0 Å². The van der Waals surface area contributed by atoms with Gasteiger partial charge in [0.05, 0.1) is 0 Å². The molecule has 15 heavy (non-hydrogen) atoms. The van der Waals surface area contributed by atoms with E-state index < -0.39 is 0 Å². The summed E-state index contributed by atoms with van der Waals surface area (Å²) in [5.74, 6) is 1.88. The zero-order valence-corrected chi connectivity index (χ0v) is 11.3. The molecule has 1 N–H and O–H groups in total.